The second-order valence-corrected chi connectivity index (χ2v) is 6.60. The number of rotatable bonds is 5. The van der Waals surface area contributed by atoms with Crippen LogP contribution in [0.25, 0.3) is 0 Å². The number of carbonyl (C=O) groups excluding carboxylic acids is 1. The maximum atomic E-state index is 13.6. The molecule has 1 aliphatic heterocycles. The van der Waals surface area contributed by atoms with Crippen molar-refractivity contribution in [1.29, 1.82) is 0 Å². The summed E-state index contributed by atoms with van der Waals surface area (Å²) < 4.78 is 24.2. The maximum absolute atomic E-state index is 13.6. The van der Waals surface area contributed by atoms with E-state index in [-0.39, 0.29) is 30.1 Å². The maximum Gasteiger partial charge on any atom is 0.264 e. The van der Waals surface area contributed by atoms with Gasteiger partial charge in [-0.05, 0) is 37.1 Å². The summed E-state index contributed by atoms with van der Waals surface area (Å²) in [6, 6.07) is 9.64. The van der Waals surface area contributed by atoms with Crippen LogP contribution in [0.3, 0.4) is 0 Å². The van der Waals surface area contributed by atoms with Crippen molar-refractivity contribution in [1.82, 2.24) is 20.0 Å². The number of ether oxygens (including phenoxy) is 1. The summed E-state index contributed by atoms with van der Waals surface area (Å²) in [6.45, 7) is 1.19. The Hall–Kier alpha value is -3.29. The Morgan fingerprint density at radius 2 is 2.18 bits per heavy atom. The highest BCUT2D eigenvalue weighted by Gasteiger charge is 2.28. The predicted octanol–water partition coefficient (Wildman–Crippen LogP) is 3.20. The van der Waals surface area contributed by atoms with Gasteiger partial charge in [0.1, 0.15) is 0 Å². The number of likely N-dealkylation sites (tertiary alicyclic amines) is 1. The molecule has 7 nitrogen and oxygen atoms in total. The third-order valence-corrected chi connectivity index (χ3v) is 4.65. The van der Waals surface area contributed by atoms with Gasteiger partial charge in [-0.15, -0.1) is 0 Å². The van der Waals surface area contributed by atoms with E-state index in [9.17, 15) is 9.18 Å². The average molecular weight is 382 g/mol. The molecule has 8 heteroatoms. The van der Waals surface area contributed by atoms with Gasteiger partial charge in [0.15, 0.2) is 24.0 Å². The Bertz CT molecular complexity index is 947. The number of benzene rings is 1. The zero-order valence-electron chi connectivity index (χ0n) is 15.1. The van der Waals surface area contributed by atoms with E-state index in [0.29, 0.717) is 24.5 Å². The zero-order chi connectivity index (χ0) is 19.3. The van der Waals surface area contributed by atoms with Crippen molar-refractivity contribution in [3.8, 4) is 5.75 Å². The Labute approximate surface area is 161 Å². The molecule has 1 atom stereocenters. The van der Waals surface area contributed by atoms with E-state index < -0.39 is 5.82 Å². The Kier molecular flexibility index (Phi) is 5.27. The lowest BCUT2D eigenvalue weighted by Gasteiger charge is -2.31. The van der Waals surface area contributed by atoms with Gasteiger partial charge < -0.3 is 14.2 Å². The molecule has 0 aliphatic carbocycles. The number of pyridine rings is 1. The fraction of sp³-hybridized carbons (Fsp3) is 0.300. The first-order valence-corrected chi connectivity index (χ1v) is 9.10. The highest BCUT2D eigenvalue weighted by atomic mass is 19.1. The summed E-state index contributed by atoms with van der Waals surface area (Å²) in [5, 5.41) is 4.03. The lowest BCUT2D eigenvalue weighted by molar-refractivity contribution is 0.0703. The second-order valence-electron chi connectivity index (χ2n) is 6.60. The van der Waals surface area contributed by atoms with Crippen molar-refractivity contribution >= 4 is 5.91 Å². The van der Waals surface area contributed by atoms with E-state index in [2.05, 4.69) is 15.1 Å². The van der Waals surface area contributed by atoms with Crippen LogP contribution in [0, 0.1) is 5.82 Å². The number of para-hydroxylation sites is 1. The smallest absolute Gasteiger partial charge is 0.264 e. The first kappa shape index (κ1) is 18.1. The lowest BCUT2D eigenvalue weighted by Crippen LogP contribution is -2.39. The summed E-state index contributed by atoms with van der Waals surface area (Å²) in [4.78, 5) is 22.8. The SMILES string of the molecule is O=C(c1cccnc1)N1CCCC(c2noc(COc3ccccc3F)n2)C1. The molecule has 1 aliphatic rings. The van der Waals surface area contributed by atoms with Crippen LogP contribution < -0.4 is 4.74 Å². The summed E-state index contributed by atoms with van der Waals surface area (Å²) >= 11 is 0. The van der Waals surface area contributed by atoms with Gasteiger partial charge in [0.25, 0.3) is 11.8 Å². The molecule has 3 heterocycles. The number of amides is 1. The van der Waals surface area contributed by atoms with Gasteiger partial charge in [-0.3, -0.25) is 9.78 Å². The number of nitrogens with zero attached hydrogens (tertiary/aromatic N) is 4. The molecule has 144 valence electrons. The van der Waals surface area contributed by atoms with Gasteiger partial charge in [0, 0.05) is 31.4 Å². The molecule has 28 heavy (non-hydrogen) atoms. The summed E-state index contributed by atoms with van der Waals surface area (Å²) in [7, 11) is 0. The van der Waals surface area contributed by atoms with E-state index in [1.54, 1.807) is 41.6 Å². The quantitative estimate of drug-likeness (QED) is 0.674. The van der Waals surface area contributed by atoms with Crippen LogP contribution in [0.5, 0.6) is 5.75 Å². The monoisotopic (exact) mass is 382 g/mol. The Balaban J connectivity index is 1.39. The van der Waals surface area contributed by atoms with Gasteiger partial charge in [0.2, 0.25) is 0 Å². The summed E-state index contributed by atoms with van der Waals surface area (Å²) in [5.74, 6) is 0.432. The minimum Gasteiger partial charge on any atom is -0.481 e. The van der Waals surface area contributed by atoms with Crippen LogP contribution in [0.4, 0.5) is 4.39 Å². The van der Waals surface area contributed by atoms with Gasteiger partial charge in [0.05, 0.1) is 5.56 Å². The number of hydrogen-bond acceptors (Lipinski definition) is 6. The van der Waals surface area contributed by atoms with Crippen LogP contribution in [0.2, 0.25) is 0 Å². The molecule has 0 spiro atoms. The van der Waals surface area contributed by atoms with Gasteiger partial charge in [-0.1, -0.05) is 17.3 Å². The number of aromatic nitrogens is 3. The number of piperidine rings is 1. The van der Waals surface area contributed by atoms with Gasteiger partial charge in [-0.2, -0.15) is 4.98 Å². The van der Waals surface area contributed by atoms with Crippen molar-refractivity contribution in [2.45, 2.75) is 25.4 Å². The molecule has 4 rings (SSSR count). The van der Waals surface area contributed by atoms with Gasteiger partial charge in [-0.25, -0.2) is 4.39 Å². The fourth-order valence-corrected chi connectivity index (χ4v) is 3.24. The number of halogens is 1. The number of hydrogen-bond donors (Lipinski definition) is 0. The highest BCUT2D eigenvalue weighted by Crippen LogP contribution is 2.26. The largest absolute Gasteiger partial charge is 0.481 e. The Morgan fingerprint density at radius 3 is 3.00 bits per heavy atom. The molecule has 0 saturated carbocycles. The predicted molar refractivity (Wildman–Crippen MR) is 97.1 cm³/mol. The minimum absolute atomic E-state index is 0.0136. The molecule has 0 radical (unpaired) electrons. The minimum atomic E-state index is -0.445. The molecular formula is C20H19FN4O3. The third-order valence-electron chi connectivity index (χ3n) is 4.65. The molecule has 0 bridgehead atoms. The van der Waals surface area contributed by atoms with Crippen LogP contribution in [-0.2, 0) is 6.61 Å². The molecule has 3 aromatic rings. The zero-order valence-corrected chi connectivity index (χ0v) is 15.1. The Morgan fingerprint density at radius 1 is 1.29 bits per heavy atom. The van der Waals surface area contributed by atoms with E-state index in [4.69, 9.17) is 9.26 Å². The second kappa shape index (κ2) is 8.16. The molecule has 0 N–H and O–H groups in total. The molecule has 1 fully saturated rings. The highest BCUT2D eigenvalue weighted by molar-refractivity contribution is 5.93. The average Bonchev–Trinajstić information content (AvgIpc) is 3.22. The summed E-state index contributed by atoms with van der Waals surface area (Å²) in [6.07, 6.45) is 4.93. The van der Waals surface area contributed by atoms with E-state index in [1.165, 1.54) is 12.1 Å². The first-order chi connectivity index (χ1) is 13.7. The first-order valence-electron chi connectivity index (χ1n) is 9.10. The van der Waals surface area contributed by atoms with E-state index >= 15 is 0 Å². The molecule has 1 unspecified atom stereocenters. The molecule has 1 saturated heterocycles. The van der Waals surface area contributed by atoms with Crippen LogP contribution >= 0.6 is 0 Å². The van der Waals surface area contributed by atoms with Crippen LogP contribution in [-0.4, -0.2) is 39.0 Å². The molecule has 1 aromatic carbocycles. The molecule has 1 amide bonds. The van der Waals surface area contributed by atoms with Crippen molar-refractivity contribution in [3.05, 3.63) is 71.9 Å². The summed E-state index contributed by atoms with van der Waals surface area (Å²) in [5.41, 5.74) is 0.565. The normalized spacial score (nSPS) is 16.8. The van der Waals surface area contributed by atoms with Crippen molar-refractivity contribution in [3.63, 3.8) is 0 Å². The van der Waals surface area contributed by atoms with Gasteiger partial charge >= 0.3 is 0 Å². The van der Waals surface area contributed by atoms with Crippen molar-refractivity contribution < 1.29 is 18.4 Å². The van der Waals surface area contributed by atoms with Crippen LogP contribution in [0.15, 0.2) is 53.3 Å². The third kappa shape index (κ3) is 4.00. The van der Waals surface area contributed by atoms with E-state index in [1.807, 2.05) is 0 Å². The van der Waals surface area contributed by atoms with Crippen LogP contribution in [0.1, 0.15) is 40.8 Å². The topological polar surface area (TPSA) is 81.4 Å². The number of carbonyl (C=O) groups is 1. The van der Waals surface area contributed by atoms with Crippen molar-refractivity contribution in [2.75, 3.05) is 13.1 Å². The lowest BCUT2D eigenvalue weighted by atomic mass is 9.97. The molecule has 2 aromatic heterocycles. The fourth-order valence-electron chi connectivity index (χ4n) is 3.24. The van der Waals surface area contributed by atoms with E-state index in [0.717, 1.165) is 12.8 Å². The van der Waals surface area contributed by atoms with Crippen molar-refractivity contribution in [2.24, 2.45) is 0 Å². The molecular weight excluding hydrogens is 363 g/mol. The standard InChI is InChI=1S/C20H19FN4O3/c21-16-7-1-2-8-17(16)27-13-18-23-19(24-28-18)15-6-4-10-25(12-15)20(26)14-5-3-9-22-11-14/h1-3,5,7-9,11,15H,4,6,10,12-13H2.